The lowest BCUT2D eigenvalue weighted by Gasteiger charge is -2.29. The molecule has 1 saturated carbocycles. The molecule has 0 atom stereocenters. The lowest BCUT2D eigenvalue weighted by atomic mass is 9.88. The molecule has 34 heavy (non-hydrogen) atoms. The summed E-state index contributed by atoms with van der Waals surface area (Å²) in [6.45, 7) is 5.43. The van der Waals surface area contributed by atoms with E-state index in [0.29, 0.717) is 47.5 Å². The minimum absolute atomic E-state index is 0.00428. The first-order valence-corrected chi connectivity index (χ1v) is 13.0. The van der Waals surface area contributed by atoms with Crippen LogP contribution in [0, 0.1) is 12.8 Å². The highest BCUT2D eigenvalue weighted by molar-refractivity contribution is 7.93. The Labute approximate surface area is 199 Å². The third-order valence-corrected chi connectivity index (χ3v) is 8.00. The summed E-state index contributed by atoms with van der Waals surface area (Å²) in [5, 5.41) is 0.492. The predicted molar refractivity (Wildman–Crippen MR) is 130 cm³/mol. The van der Waals surface area contributed by atoms with Gasteiger partial charge in [0.1, 0.15) is 17.1 Å². The van der Waals surface area contributed by atoms with Crippen molar-refractivity contribution in [3.63, 3.8) is 0 Å². The van der Waals surface area contributed by atoms with Crippen LogP contribution in [-0.2, 0) is 14.8 Å². The van der Waals surface area contributed by atoms with Crippen LogP contribution in [0.4, 0.5) is 5.69 Å². The van der Waals surface area contributed by atoms with E-state index in [4.69, 9.17) is 9.15 Å². The summed E-state index contributed by atoms with van der Waals surface area (Å²) < 4.78 is 39.7. The molecule has 2 aromatic carbocycles. The summed E-state index contributed by atoms with van der Waals surface area (Å²) in [4.78, 5) is 25.9. The predicted octanol–water partition coefficient (Wildman–Crippen LogP) is 5.64. The molecule has 3 aromatic rings. The second kappa shape index (κ2) is 9.62. The molecule has 0 bridgehead atoms. The Morgan fingerprint density at radius 1 is 1.06 bits per heavy atom. The number of Topliss-reactive ketones (excluding diaryl/α,β-unsaturated/α-hetero) is 1. The van der Waals surface area contributed by atoms with Crippen molar-refractivity contribution in [2.24, 2.45) is 5.92 Å². The van der Waals surface area contributed by atoms with Crippen molar-refractivity contribution >= 4 is 38.4 Å². The van der Waals surface area contributed by atoms with Crippen molar-refractivity contribution in [2.75, 3.05) is 10.9 Å². The molecule has 1 heterocycles. The number of hydrogen-bond donors (Lipinski definition) is 0. The monoisotopic (exact) mass is 483 g/mol. The molecule has 0 unspecified atom stereocenters. The average Bonchev–Trinajstić information content (AvgIpc) is 3.15. The van der Waals surface area contributed by atoms with Crippen LogP contribution in [0.2, 0.25) is 0 Å². The van der Waals surface area contributed by atoms with E-state index in [-0.39, 0.29) is 22.3 Å². The first-order valence-electron chi connectivity index (χ1n) is 11.6. The van der Waals surface area contributed by atoms with E-state index in [1.807, 2.05) is 6.92 Å². The summed E-state index contributed by atoms with van der Waals surface area (Å²) in [5.74, 6) is -0.00193. The van der Waals surface area contributed by atoms with Crippen LogP contribution in [-0.4, -0.2) is 26.7 Å². The van der Waals surface area contributed by atoms with E-state index in [1.54, 1.807) is 37.3 Å². The van der Waals surface area contributed by atoms with Crippen molar-refractivity contribution in [3.05, 3.63) is 53.8 Å². The quantitative estimate of drug-likeness (QED) is 0.404. The van der Waals surface area contributed by atoms with Crippen LogP contribution < -0.4 is 9.04 Å². The molecule has 0 saturated heterocycles. The molecule has 0 radical (unpaired) electrons. The largest absolute Gasteiger partial charge is 0.494 e. The van der Waals surface area contributed by atoms with Gasteiger partial charge in [-0.15, -0.1) is 0 Å². The van der Waals surface area contributed by atoms with Gasteiger partial charge in [-0.2, -0.15) is 0 Å². The van der Waals surface area contributed by atoms with Gasteiger partial charge in [0.25, 0.3) is 10.0 Å². The lowest BCUT2D eigenvalue weighted by Crippen LogP contribution is -2.41. The van der Waals surface area contributed by atoms with Crippen LogP contribution in [0.15, 0.2) is 51.8 Å². The summed E-state index contributed by atoms with van der Waals surface area (Å²) in [6, 6.07) is 10.8. The van der Waals surface area contributed by atoms with Gasteiger partial charge in [-0.05, 0) is 76.1 Å². The number of benzene rings is 2. The Kier molecular flexibility index (Phi) is 6.79. The number of furan rings is 1. The number of carbonyl (C=O) groups excluding carboxylic acids is 2. The van der Waals surface area contributed by atoms with E-state index in [9.17, 15) is 18.0 Å². The van der Waals surface area contributed by atoms with E-state index >= 15 is 0 Å². The van der Waals surface area contributed by atoms with Crippen LogP contribution in [0.25, 0.3) is 11.0 Å². The number of aryl methyl sites for hydroxylation is 1. The Hall–Kier alpha value is -3.13. The number of ether oxygens (including phenoxy) is 1. The number of amides is 1. The number of sulfonamides is 1. The molecule has 7 nitrogen and oxygen atoms in total. The van der Waals surface area contributed by atoms with Gasteiger partial charge in [0.2, 0.25) is 5.91 Å². The Morgan fingerprint density at radius 2 is 1.74 bits per heavy atom. The van der Waals surface area contributed by atoms with Gasteiger partial charge in [0.05, 0.1) is 22.8 Å². The molecule has 180 valence electrons. The minimum atomic E-state index is -4.22. The molecule has 1 amide bonds. The highest BCUT2D eigenvalue weighted by atomic mass is 32.2. The highest BCUT2D eigenvalue weighted by Crippen LogP contribution is 2.35. The second-order valence-corrected chi connectivity index (χ2v) is 10.4. The number of fused-ring (bicyclic) bond motifs is 1. The van der Waals surface area contributed by atoms with Crippen molar-refractivity contribution in [1.82, 2.24) is 0 Å². The van der Waals surface area contributed by atoms with Gasteiger partial charge < -0.3 is 9.15 Å². The molecule has 0 spiro atoms. The van der Waals surface area contributed by atoms with E-state index < -0.39 is 15.9 Å². The van der Waals surface area contributed by atoms with Crippen molar-refractivity contribution in [3.8, 4) is 5.75 Å². The smallest absolute Gasteiger partial charge is 0.270 e. The summed E-state index contributed by atoms with van der Waals surface area (Å²) in [5.41, 5.74) is 1.05. The molecule has 0 N–H and O–H groups in total. The third-order valence-electron chi connectivity index (χ3n) is 6.26. The van der Waals surface area contributed by atoms with Crippen molar-refractivity contribution in [2.45, 2.75) is 57.8 Å². The van der Waals surface area contributed by atoms with Crippen molar-refractivity contribution < 1.29 is 27.2 Å². The first kappa shape index (κ1) is 24.0. The average molecular weight is 484 g/mol. The molecule has 1 aliphatic carbocycles. The van der Waals surface area contributed by atoms with Gasteiger partial charge in [0, 0.05) is 11.3 Å². The van der Waals surface area contributed by atoms with Gasteiger partial charge in [-0.3, -0.25) is 9.59 Å². The van der Waals surface area contributed by atoms with Gasteiger partial charge in [-0.1, -0.05) is 19.3 Å². The third kappa shape index (κ3) is 4.46. The number of nitrogens with zero attached hydrogens (tertiary/aromatic N) is 1. The SMILES string of the molecule is CCOc1ccc(S(=O)(=O)N(C(=O)C2CCCCC2)c2ccc3oc(C)c(C(C)=O)c3c2)cc1. The highest BCUT2D eigenvalue weighted by Gasteiger charge is 2.36. The number of hydrogen-bond acceptors (Lipinski definition) is 6. The van der Waals surface area contributed by atoms with Crippen LogP contribution >= 0.6 is 0 Å². The molecular formula is C26H29NO6S. The second-order valence-electron chi connectivity index (χ2n) is 8.62. The van der Waals surface area contributed by atoms with Crippen LogP contribution in [0.1, 0.15) is 62.1 Å². The summed E-state index contributed by atoms with van der Waals surface area (Å²) >= 11 is 0. The molecule has 1 fully saturated rings. The zero-order chi connectivity index (χ0) is 24.5. The molecule has 1 aromatic heterocycles. The van der Waals surface area contributed by atoms with E-state index in [1.165, 1.54) is 19.1 Å². The number of ketones is 1. The minimum Gasteiger partial charge on any atom is -0.494 e. The lowest BCUT2D eigenvalue weighted by molar-refractivity contribution is -0.122. The van der Waals surface area contributed by atoms with Crippen molar-refractivity contribution in [1.29, 1.82) is 0 Å². The number of carbonyl (C=O) groups is 2. The van der Waals surface area contributed by atoms with Crippen LogP contribution in [0.5, 0.6) is 5.75 Å². The number of anilines is 1. The topological polar surface area (TPSA) is 93.9 Å². The molecular weight excluding hydrogens is 454 g/mol. The normalized spacial score (nSPS) is 14.8. The first-order chi connectivity index (χ1) is 16.2. The standard InChI is InChI=1S/C26H29NO6S/c1-4-32-21-11-13-22(14-12-21)34(30,31)27(26(29)19-8-6-5-7-9-19)20-10-15-24-23(16-20)25(17(2)28)18(3)33-24/h10-16,19H,4-9H2,1-3H3. The molecule has 4 rings (SSSR count). The fourth-order valence-electron chi connectivity index (χ4n) is 4.65. The Bertz CT molecular complexity index is 1320. The fraction of sp³-hybridized carbons (Fsp3) is 0.385. The zero-order valence-electron chi connectivity index (χ0n) is 19.7. The van der Waals surface area contributed by atoms with E-state index in [0.717, 1.165) is 23.6 Å². The number of rotatable bonds is 7. The summed E-state index contributed by atoms with van der Waals surface area (Å²) in [6.07, 6.45) is 4.13. The van der Waals surface area contributed by atoms with E-state index in [2.05, 4.69) is 0 Å². The van der Waals surface area contributed by atoms with Crippen LogP contribution in [0.3, 0.4) is 0 Å². The fourth-order valence-corrected chi connectivity index (χ4v) is 6.12. The maximum Gasteiger partial charge on any atom is 0.270 e. The maximum atomic E-state index is 13.8. The van der Waals surface area contributed by atoms with Gasteiger partial charge in [0.15, 0.2) is 5.78 Å². The Morgan fingerprint density at radius 3 is 2.35 bits per heavy atom. The zero-order valence-corrected chi connectivity index (χ0v) is 20.5. The molecule has 1 aliphatic rings. The molecule has 8 heteroatoms. The molecule has 0 aliphatic heterocycles. The van der Waals surface area contributed by atoms with Gasteiger partial charge in [-0.25, -0.2) is 12.7 Å². The summed E-state index contributed by atoms with van der Waals surface area (Å²) in [7, 11) is -4.22. The maximum absolute atomic E-state index is 13.8. The Balaban J connectivity index is 1.85. The van der Waals surface area contributed by atoms with Gasteiger partial charge >= 0.3 is 0 Å².